The molecule has 0 aliphatic rings. The van der Waals surface area contributed by atoms with Gasteiger partial charge in [0.25, 0.3) is 5.91 Å². The van der Waals surface area contributed by atoms with Crippen LogP contribution in [0.2, 0.25) is 0 Å². The molecule has 5 aromatic rings. The number of hydrogen-bond donors (Lipinski definition) is 1. The number of benzene rings is 3. The van der Waals surface area contributed by atoms with Gasteiger partial charge in [0, 0.05) is 28.7 Å². The molecule has 5 nitrogen and oxygen atoms in total. The maximum Gasteiger partial charge on any atom is 0.265 e. The van der Waals surface area contributed by atoms with Crippen molar-refractivity contribution in [1.82, 2.24) is 4.98 Å². The largest absolute Gasteiger partial charge is 0.493 e. The molecule has 1 amide bonds. The lowest BCUT2D eigenvalue weighted by Gasteiger charge is -2.12. The number of nitrogens with zero attached hydrogens (tertiary/aromatic N) is 1. The number of pyridine rings is 1. The highest BCUT2D eigenvalue weighted by Crippen LogP contribution is 2.33. The first-order valence-electron chi connectivity index (χ1n) is 11.1. The summed E-state index contributed by atoms with van der Waals surface area (Å²) in [6.45, 7) is 0. The number of rotatable bonds is 7. The van der Waals surface area contributed by atoms with Crippen molar-refractivity contribution in [3.8, 4) is 11.5 Å². The number of methoxy groups -OCH3 is 2. The molecule has 0 saturated carbocycles. The van der Waals surface area contributed by atoms with Gasteiger partial charge in [-0.25, -0.2) is 4.39 Å². The second-order valence-corrected chi connectivity index (χ2v) is 9.05. The Morgan fingerprint density at radius 3 is 2.51 bits per heavy atom. The first kappa shape index (κ1) is 22.8. The van der Waals surface area contributed by atoms with E-state index in [2.05, 4.69) is 10.3 Å². The summed E-state index contributed by atoms with van der Waals surface area (Å²) in [5.74, 6) is 0.843. The minimum absolute atomic E-state index is 0.171. The molecular formula is C28H23FN2O3S. The Kier molecular flexibility index (Phi) is 6.33. The standard InChI is InChI=1S/C28H23FN2O3S/c1-33-24-15-22-17(11-12-30-23(22)16-25(24)34-2)5-6-18-7-8-19-14-20(9-10-21(19)27(18)29)31-28(32)26-4-3-13-35-26/h3-4,7-16H,5-6H2,1-2H3,(H,31,32). The molecule has 2 aromatic heterocycles. The predicted octanol–water partition coefficient (Wildman–Crippen LogP) is 6.64. The van der Waals surface area contributed by atoms with Crippen LogP contribution in [0.25, 0.3) is 21.7 Å². The summed E-state index contributed by atoms with van der Waals surface area (Å²) in [6.07, 6.45) is 2.93. The van der Waals surface area contributed by atoms with Crippen LogP contribution in [0.1, 0.15) is 20.8 Å². The average Bonchev–Trinajstić information content (AvgIpc) is 3.43. The van der Waals surface area contributed by atoms with Crippen molar-refractivity contribution in [3.05, 3.63) is 94.1 Å². The van der Waals surface area contributed by atoms with Crippen molar-refractivity contribution in [2.75, 3.05) is 19.5 Å². The number of ether oxygens (including phenoxy) is 2. The molecule has 0 aliphatic heterocycles. The van der Waals surface area contributed by atoms with Gasteiger partial charge < -0.3 is 14.8 Å². The fraction of sp³-hybridized carbons (Fsp3) is 0.143. The van der Waals surface area contributed by atoms with E-state index in [1.165, 1.54) is 11.3 Å². The smallest absolute Gasteiger partial charge is 0.265 e. The predicted molar refractivity (Wildman–Crippen MR) is 138 cm³/mol. The van der Waals surface area contributed by atoms with Crippen LogP contribution >= 0.6 is 11.3 Å². The third-order valence-corrected chi connectivity index (χ3v) is 6.91. The molecule has 0 bridgehead atoms. The molecule has 0 spiro atoms. The molecular weight excluding hydrogens is 463 g/mol. The van der Waals surface area contributed by atoms with Crippen LogP contribution in [0.4, 0.5) is 10.1 Å². The second-order valence-electron chi connectivity index (χ2n) is 8.10. The van der Waals surface area contributed by atoms with Crippen LogP contribution in [0.3, 0.4) is 0 Å². The highest BCUT2D eigenvalue weighted by atomic mass is 32.1. The molecule has 5 rings (SSSR count). The monoisotopic (exact) mass is 486 g/mol. The van der Waals surface area contributed by atoms with Crippen LogP contribution in [0.15, 0.2) is 72.2 Å². The summed E-state index contributed by atoms with van der Waals surface area (Å²) >= 11 is 1.38. The van der Waals surface area contributed by atoms with Crippen molar-refractivity contribution >= 4 is 44.6 Å². The summed E-state index contributed by atoms with van der Waals surface area (Å²) in [4.78, 5) is 17.4. The molecule has 1 N–H and O–H groups in total. The van der Waals surface area contributed by atoms with Crippen LogP contribution < -0.4 is 14.8 Å². The molecule has 0 saturated heterocycles. The molecule has 35 heavy (non-hydrogen) atoms. The minimum atomic E-state index is -0.240. The molecule has 176 valence electrons. The number of fused-ring (bicyclic) bond motifs is 2. The van der Waals surface area contributed by atoms with Gasteiger partial charge in [-0.15, -0.1) is 11.3 Å². The summed E-state index contributed by atoms with van der Waals surface area (Å²) in [5, 5.41) is 6.95. The number of amides is 1. The maximum absolute atomic E-state index is 15.4. The van der Waals surface area contributed by atoms with E-state index in [1.54, 1.807) is 44.7 Å². The van der Waals surface area contributed by atoms with Crippen molar-refractivity contribution in [1.29, 1.82) is 0 Å². The SMILES string of the molecule is COc1cc2nccc(CCc3ccc4cc(NC(=O)c5cccs5)ccc4c3F)c2cc1OC. The van der Waals surface area contributed by atoms with Crippen LogP contribution in [-0.4, -0.2) is 25.1 Å². The van der Waals surface area contributed by atoms with Crippen molar-refractivity contribution in [2.24, 2.45) is 0 Å². The van der Waals surface area contributed by atoms with Gasteiger partial charge in [0.1, 0.15) is 5.82 Å². The first-order chi connectivity index (χ1) is 17.1. The van der Waals surface area contributed by atoms with E-state index in [0.717, 1.165) is 21.9 Å². The van der Waals surface area contributed by atoms with E-state index < -0.39 is 0 Å². The molecule has 0 fully saturated rings. The summed E-state index contributed by atoms with van der Waals surface area (Å²) < 4.78 is 26.2. The van der Waals surface area contributed by atoms with Gasteiger partial charge in [-0.2, -0.15) is 0 Å². The number of anilines is 1. The topological polar surface area (TPSA) is 60.5 Å². The Hall–Kier alpha value is -3.97. The number of carbonyl (C=O) groups is 1. The average molecular weight is 487 g/mol. The van der Waals surface area contributed by atoms with Gasteiger partial charge in [0.05, 0.1) is 24.6 Å². The molecule has 0 unspecified atom stereocenters. The lowest BCUT2D eigenvalue weighted by Crippen LogP contribution is -2.09. The fourth-order valence-corrected chi connectivity index (χ4v) is 4.84. The summed E-state index contributed by atoms with van der Waals surface area (Å²) in [7, 11) is 3.19. The van der Waals surface area contributed by atoms with E-state index in [4.69, 9.17) is 9.47 Å². The van der Waals surface area contributed by atoms with E-state index >= 15 is 4.39 Å². The normalized spacial score (nSPS) is 11.1. The van der Waals surface area contributed by atoms with E-state index in [0.29, 0.717) is 45.9 Å². The first-order valence-corrected chi connectivity index (χ1v) is 12.0. The Balaban J connectivity index is 1.38. The Morgan fingerprint density at radius 1 is 0.943 bits per heavy atom. The number of carbonyl (C=O) groups excluding carboxylic acids is 1. The second kappa shape index (κ2) is 9.72. The summed E-state index contributed by atoms with van der Waals surface area (Å²) in [6, 6.07) is 18.3. The maximum atomic E-state index is 15.4. The van der Waals surface area contributed by atoms with Gasteiger partial charge >= 0.3 is 0 Å². The fourth-order valence-electron chi connectivity index (χ4n) is 4.23. The molecule has 2 heterocycles. The third kappa shape index (κ3) is 4.55. The van der Waals surface area contributed by atoms with Crippen LogP contribution in [0, 0.1) is 5.82 Å². The number of aromatic nitrogens is 1. The van der Waals surface area contributed by atoms with E-state index in [9.17, 15) is 4.79 Å². The summed E-state index contributed by atoms with van der Waals surface area (Å²) in [5.41, 5.74) is 3.13. The van der Waals surface area contributed by atoms with Gasteiger partial charge in [-0.05, 0) is 71.1 Å². The molecule has 7 heteroatoms. The number of thiophene rings is 1. The van der Waals surface area contributed by atoms with Crippen molar-refractivity contribution in [3.63, 3.8) is 0 Å². The van der Waals surface area contributed by atoms with Gasteiger partial charge in [-0.3, -0.25) is 9.78 Å². The zero-order valence-electron chi connectivity index (χ0n) is 19.3. The molecule has 0 atom stereocenters. The highest BCUT2D eigenvalue weighted by molar-refractivity contribution is 7.12. The van der Waals surface area contributed by atoms with E-state index in [-0.39, 0.29) is 11.7 Å². The molecule has 3 aromatic carbocycles. The Labute approximate surface area is 206 Å². The van der Waals surface area contributed by atoms with Gasteiger partial charge in [-0.1, -0.05) is 18.2 Å². The minimum Gasteiger partial charge on any atom is -0.493 e. The number of halogens is 1. The zero-order chi connectivity index (χ0) is 24.4. The Morgan fingerprint density at radius 2 is 1.74 bits per heavy atom. The number of nitrogens with one attached hydrogen (secondary N) is 1. The number of aryl methyl sites for hydroxylation is 2. The van der Waals surface area contributed by atoms with Crippen LogP contribution in [0.5, 0.6) is 11.5 Å². The lowest BCUT2D eigenvalue weighted by molar-refractivity contribution is 0.103. The quantitative estimate of drug-likeness (QED) is 0.280. The van der Waals surface area contributed by atoms with E-state index in [1.807, 2.05) is 41.8 Å². The lowest BCUT2D eigenvalue weighted by atomic mass is 9.98. The van der Waals surface area contributed by atoms with Gasteiger partial charge in [0.2, 0.25) is 0 Å². The highest BCUT2D eigenvalue weighted by Gasteiger charge is 2.13. The molecule has 0 aliphatic carbocycles. The Bertz CT molecular complexity index is 1530. The number of hydrogen-bond acceptors (Lipinski definition) is 5. The third-order valence-electron chi connectivity index (χ3n) is 6.04. The van der Waals surface area contributed by atoms with Gasteiger partial charge in [0.15, 0.2) is 11.5 Å². The molecule has 0 radical (unpaired) electrons. The van der Waals surface area contributed by atoms with Crippen molar-refractivity contribution < 1.29 is 18.7 Å². The van der Waals surface area contributed by atoms with Crippen LogP contribution in [-0.2, 0) is 12.8 Å². The van der Waals surface area contributed by atoms with Crippen molar-refractivity contribution in [2.45, 2.75) is 12.8 Å². The zero-order valence-corrected chi connectivity index (χ0v) is 20.1.